The lowest BCUT2D eigenvalue weighted by molar-refractivity contribution is 0.289. The molecule has 3 nitrogen and oxygen atoms in total. The minimum Gasteiger partial charge on any atom is -0.483 e. The molecular weight excluding hydrogens is 251 g/mol. The summed E-state index contributed by atoms with van der Waals surface area (Å²) in [7, 11) is 0. The number of aromatic nitrogens is 1. The van der Waals surface area contributed by atoms with Gasteiger partial charge in [0.25, 0.3) is 0 Å². The molecule has 0 aliphatic carbocycles. The van der Waals surface area contributed by atoms with Gasteiger partial charge in [0, 0.05) is 11.4 Å². The average Bonchev–Trinajstić information content (AvgIpc) is 2.67. The molecule has 0 saturated heterocycles. The molecule has 2 aromatic rings. The standard InChI is InChI=1S/C13H15FN2OS/c1-8-9(2)18-13(16-8)7-17-12-4-3-10(6-15)5-11(12)14/h3-5H,6-7,15H2,1-2H3. The maximum absolute atomic E-state index is 13.6. The van der Waals surface area contributed by atoms with Crippen LogP contribution in [0.4, 0.5) is 4.39 Å². The molecule has 0 bridgehead atoms. The van der Waals surface area contributed by atoms with Crippen LogP contribution in [0.1, 0.15) is 21.1 Å². The Morgan fingerprint density at radius 2 is 2.17 bits per heavy atom. The van der Waals surface area contributed by atoms with Crippen molar-refractivity contribution in [1.29, 1.82) is 0 Å². The number of aryl methyl sites for hydroxylation is 2. The number of rotatable bonds is 4. The van der Waals surface area contributed by atoms with Crippen LogP contribution in [0.5, 0.6) is 5.75 Å². The fourth-order valence-corrected chi connectivity index (χ4v) is 2.38. The van der Waals surface area contributed by atoms with Gasteiger partial charge in [0.15, 0.2) is 11.6 Å². The van der Waals surface area contributed by atoms with Gasteiger partial charge < -0.3 is 10.5 Å². The van der Waals surface area contributed by atoms with E-state index in [1.165, 1.54) is 6.07 Å². The molecule has 0 unspecified atom stereocenters. The summed E-state index contributed by atoms with van der Waals surface area (Å²) in [6.07, 6.45) is 0. The molecule has 1 heterocycles. The summed E-state index contributed by atoms with van der Waals surface area (Å²) in [5.41, 5.74) is 7.19. The zero-order chi connectivity index (χ0) is 13.1. The second kappa shape index (κ2) is 5.46. The van der Waals surface area contributed by atoms with Crippen molar-refractivity contribution in [3.63, 3.8) is 0 Å². The Bertz CT molecular complexity index is 534. The lowest BCUT2D eigenvalue weighted by atomic mass is 10.2. The maximum Gasteiger partial charge on any atom is 0.165 e. The lowest BCUT2D eigenvalue weighted by Crippen LogP contribution is -2.00. The Morgan fingerprint density at radius 1 is 1.39 bits per heavy atom. The van der Waals surface area contributed by atoms with Crippen molar-refractivity contribution in [2.45, 2.75) is 27.0 Å². The van der Waals surface area contributed by atoms with E-state index in [1.54, 1.807) is 23.5 Å². The van der Waals surface area contributed by atoms with E-state index in [9.17, 15) is 4.39 Å². The third kappa shape index (κ3) is 2.86. The molecule has 0 amide bonds. The molecule has 18 heavy (non-hydrogen) atoms. The number of hydrogen-bond acceptors (Lipinski definition) is 4. The number of nitrogens with zero attached hydrogens (tertiary/aromatic N) is 1. The first-order chi connectivity index (χ1) is 8.60. The van der Waals surface area contributed by atoms with E-state index in [0.717, 1.165) is 21.1 Å². The topological polar surface area (TPSA) is 48.1 Å². The van der Waals surface area contributed by atoms with Crippen molar-refractivity contribution >= 4 is 11.3 Å². The summed E-state index contributed by atoms with van der Waals surface area (Å²) >= 11 is 1.57. The van der Waals surface area contributed by atoms with Crippen molar-refractivity contribution in [2.24, 2.45) is 5.73 Å². The largest absolute Gasteiger partial charge is 0.483 e. The van der Waals surface area contributed by atoms with Gasteiger partial charge in [0.1, 0.15) is 11.6 Å². The van der Waals surface area contributed by atoms with Gasteiger partial charge in [0.05, 0.1) is 5.69 Å². The molecule has 5 heteroatoms. The van der Waals surface area contributed by atoms with Crippen molar-refractivity contribution < 1.29 is 9.13 Å². The fourth-order valence-electron chi connectivity index (χ4n) is 1.53. The average molecular weight is 266 g/mol. The highest BCUT2D eigenvalue weighted by Crippen LogP contribution is 2.22. The highest BCUT2D eigenvalue weighted by Gasteiger charge is 2.07. The normalized spacial score (nSPS) is 10.7. The predicted molar refractivity (Wildman–Crippen MR) is 70.2 cm³/mol. The molecule has 0 spiro atoms. The van der Waals surface area contributed by atoms with Crippen molar-refractivity contribution in [2.75, 3.05) is 0 Å². The third-order valence-electron chi connectivity index (χ3n) is 2.66. The number of halogens is 1. The zero-order valence-corrected chi connectivity index (χ0v) is 11.2. The van der Waals surface area contributed by atoms with Crippen LogP contribution in [0.2, 0.25) is 0 Å². The molecule has 1 aromatic carbocycles. The Labute approximate surface area is 109 Å². The number of hydrogen-bond donors (Lipinski definition) is 1. The second-order valence-electron chi connectivity index (χ2n) is 4.01. The molecule has 0 fully saturated rings. The molecule has 0 aliphatic rings. The lowest BCUT2D eigenvalue weighted by Gasteiger charge is -2.06. The smallest absolute Gasteiger partial charge is 0.165 e. The molecule has 1 aromatic heterocycles. The van der Waals surface area contributed by atoms with Crippen LogP contribution < -0.4 is 10.5 Å². The number of benzene rings is 1. The predicted octanol–water partition coefficient (Wildman–Crippen LogP) is 2.94. The summed E-state index contributed by atoms with van der Waals surface area (Å²) in [6.45, 7) is 4.57. The molecule has 0 atom stereocenters. The summed E-state index contributed by atoms with van der Waals surface area (Å²) in [5.74, 6) is -0.152. The van der Waals surface area contributed by atoms with Crippen LogP contribution in [0, 0.1) is 19.7 Å². The van der Waals surface area contributed by atoms with Gasteiger partial charge >= 0.3 is 0 Å². The van der Waals surface area contributed by atoms with Crippen LogP contribution >= 0.6 is 11.3 Å². The first-order valence-electron chi connectivity index (χ1n) is 5.64. The number of nitrogens with two attached hydrogens (primary N) is 1. The molecule has 2 rings (SSSR count). The van der Waals surface area contributed by atoms with E-state index in [4.69, 9.17) is 10.5 Å². The van der Waals surface area contributed by atoms with Crippen LogP contribution in [-0.2, 0) is 13.2 Å². The van der Waals surface area contributed by atoms with Gasteiger partial charge in [0.2, 0.25) is 0 Å². The van der Waals surface area contributed by atoms with Crippen molar-refractivity contribution in [3.8, 4) is 5.75 Å². The van der Waals surface area contributed by atoms with Gasteiger partial charge in [-0.3, -0.25) is 0 Å². The van der Waals surface area contributed by atoms with Crippen LogP contribution in [0.15, 0.2) is 18.2 Å². The number of ether oxygens (including phenoxy) is 1. The van der Waals surface area contributed by atoms with Gasteiger partial charge in [-0.2, -0.15) is 0 Å². The van der Waals surface area contributed by atoms with Crippen molar-refractivity contribution in [3.05, 3.63) is 45.2 Å². The molecule has 2 N–H and O–H groups in total. The molecule has 0 radical (unpaired) electrons. The van der Waals surface area contributed by atoms with Gasteiger partial charge in [-0.15, -0.1) is 11.3 Å². The van der Waals surface area contributed by atoms with Gasteiger partial charge in [-0.25, -0.2) is 9.37 Å². The summed E-state index contributed by atoms with van der Waals surface area (Å²) in [6, 6.07) is 4.76. The summed E-state index contributed by atoms with van der Waals surface area (Å²) in [4.78, 5) is 5.50. The quantitative estimate of drug-likeness (QED) is 0.925. The second-order valence-corrected chi connectivity index (χ2v) is 5.29. The summed E-state index contributed by atoms with van der Waals surface area (Å²) < 4.78 is 19.0. The minimum absolute atomic E-state index is 0.234. The van der Waals surface area contributed by atoms with Crippen molar-refractivity contribution in [1.82, 2.24) is 4.98 Å². The molecule has 96 valence electrons. The van der Waals surface area contributed by atoms with Crippen LogP contribution in [0.3, 0.4) is 0 Å². The fraction of sp³-hybridized carbons (Fsp3) is 0.308. The monoisotopic (exact) mass is 266 g/mol. The Hall–Kier alpha value is -1.46. The van der Waals surface area contributed by atoms with E-state index in [2.05, 4.69) is 4.98 Å². The molecule has 0 saturated carbocycles. The Balaban J connectivity index is 2.06. The SMILES string of the molecule is Cc1nc(COc2ccc(CN)cc2F)sc1C. The molecule has 0 aliphatic heterocycles. The highest BCUT2D eigenvalue weighted by molar-refractivity contribution is 7.11. The maximum atomic E-state index is 13.6. The number of thiazole rings is 1. The first-order valence-corrected chi connectivity index (χ1v) is 6.46. The van der Waals surface area contributed by atoms with Crippen LogP contribution in [0.25, 0.3) is 0 Å². The van der Waals surface area contributed by atoms with Crippen LogP contribution in [-0.4, -0.2) is 4.98 Å². The van der Waals surface area contributed by atoms with E-state index < -0.39 is 0 Å². The van der Waals surface area contributed by atoms with E-state index >= 15 is 0 Å². The zero-order valence-electron chi connectivity index (χ0n) is 10.4. The summed E-state index contributed by atoms with van der Waals surface area (Å²) in [5, 5.41) is 0.854. The van der Waals surface area contributed by atoms with E-state index in [0.29, 0.717) is 6.54 Å². The Morgan fingerprint density at radius 3 is 2.72 bits per heavy atom. The highest BCUT2D eigenvalue weighted by atomic mass is 32.1. The van der Waals surface area contributed by atoms with Gasteiger partial charge in [-0.1, -0.05) is 6.07 Å². The third-order valence-corrected chi connectivity index (χ3v) is 3.70. The van der Waals surface area contributed by atoms with E-state index in [-0.39, 0.29) is 18.2 Å². The molecular formula is C13H15FN2OS. The van der Waals surface area contributed by atoms with E-state index in [1.807, 2.05) is 13.8 Å². The van der Waals surface area contributed by atoms with Gasteiger partial charge in [-0.05, 0) is 31.5 Å². The first kappa shape index (κ1) is 13.0. The minimum atomic E-state index is -0.386. The Kier molecular flexibility index (Phi) is 3.93.